The zero-order chi connectivity index (χ0) is 19.9. The molecule has 0 atom stereocenters. The number of benzene rings is 2. The molecular formula is C22H24N2O4. The average molecular weight is 380 g/mol. The summed E-state index contributed by atoms with van der Waals surface area (Å²) in [4.78, 5) is 12.4. The van der Waals surface area contributed by atoms with Crippen LogP contribution in [0.25, 0.3) is 0 Å². The van der Waals surface area contributed by atoms with Gasteiger partial charge in [-0.1, -0.05) is 17.3 Å². The van der Waals surface area contributed by atoms with E-state index < -0.39 is 0 Å². The van der Waals surface area contributed by atoms with E-state index in [2.05, 4.69) is 10.5 Å². The Morgan fingerprint density at radius 3 is 2.46 bits per heavy atom. The van der Waals surface area contributed by atoms with Crippen molar-refractivity contribution >= 4 is 11.6 Å². The van der Waals surface area contributed by atoms with E-state index in [0.717, 1.165) is 22.8 Å². The minimum atomic E-state index is -0.0947. The topological polar surface area (TPSA) is 73.6 Å². The maximum absolute atomic E-state index is 12.4. The third kappa shape index (κ3) is 4.91. The van der Waals surface area contributed by atoms with Crippen molar-refractivity contribution in [2.24, 2.45) is 0 Å². The number of nitrogens with one attached hydrogen (secondary N) is 1. The normalized spacial score (nSPS) is 10.5. The van der Waals surface area contributed by atoms with E-state index in [1.807, 2.05) is 69.3 Å². The molecular weight excluding hydrogens is 356 g/mol. The Morgan fingerprint density at radius 2 is 1.79 bits per heavy atom. The second-order valence-electron chi connectivity index (χ2n) is 6.35. The maximum Gasteiger partial charge on any atom is 0.224 e. The summed E-state index contributed by atoms with van der Waals surface area (Å²) < 4.78 is 16.5. The molecule has 1 heterocycles. The fraction of sp³-hybridized carbons (Fsp3) is 0.273. The van der Waals surface area contributed by atoms with Gasteiger partial charge in [-0.15, -0.1) is 0 Å². The molecule has 3 rings (SSSR count). The minimum absolute atomic E-state index is 0.0947. The Morgan fingerprint density at radius 1 is 1.07 bits per heavy atom. The van der Waals surface area contributed by atoms with Gasteiger partial charge in [0, 0.05) is 12.0 Å². The van der Waals surface area contributed by atoms with Gasteiger partial charge in [0.15, 0.2) is 5.75 Å². The van der Waals surface area contributed by atoms with Crippen LogP contribution in [0.1, 0.15) is 30.4 Å². The molecule has 0 aliphatic rings. The highest BCUT2D eigenvalue weighted by molar-refractivity contribution is 5.92. The SMILES string of the molecule is CCOc1ccc(Oc2ccccc2NC(=O)CCc2c(C)noc2C)cc1. The standard InChI is InChI=1S/C22H24N2O4/c1-4-26-17-9-11-18(12-10-17)27-21-8-6-5-7-20(21)23-22(25)14-13-19-15(2)24-28-16(19)3/h5-12H,4,13-14H2,1-3H3,(H,23,25). The van der Waals surface area contributed by atoms with Crippen molar-refractivity contribution in [3.05, 3.63) is 65.5 Å². The highest BCUT2D eigenvalue weighted by Crippen LogP contribution is 2.30. The van der Waals surface area contributed by atoms with Crippen LogP contribution in [0.3, 0.4) is 0 Å². The molecule has 0 radical (unpaired) electrons. The lowest BCUT2D eigenvalue weighted by molar-refractivity contribution is -0.116. The van der Waals surface area contributed by atoms with Crippen LogP contribution in [0.15, 0.2) is 53.1 Å². The molecule has 6 nitrogen and oxygen atoms in total. The van der Waals surface area contributed by atoms with Crippen LogP contribution in [0.5, 0.6) is 17.2 Å². The van der Waals surface area contributed by atoms with Gasteiger partial charge in [0.1, 0.15) is 17.3 Å². The molecule has 3 aromatic rings. The summed E-state index contributed by atoms with van der Waals surface area (Å²) in [7, 11) is 0. The van der Waals surface area contributed by atoms with E-state index in [0.29, 0.717) is 36.6 Å². The van der Waals surface area contributed by atoms with Gasteiger partial charge in [-0.25, -0.2) is 0 Å². The second kappa shape index (κ2) is 9.08. The zero-order valence-corrected chi connectivity index (χ0v) is 16.3. The quantitative estimate of drug-likeness (QED) is 0.592. The molecule has 1 amide bonds. The minimum Gasteiger partial charge on any atom is -0.494 e. The van der Waals surface area contributed by atoms with Crippen LogP contribution in [-0.2, 0) is 11.2 Å². The number of hydrogen-bond acceptors (Lipinski definition) is 5. The van der Waals surface area contributed by atoms with Gasteiger partial charge in [-0.05, 0) is 63.6 Å². The van der Waals surface area contributed by atoms with E-state index in [1.54, 1.807) is 0 Å². The van der Waals surface area contributed by atoms with E-state index >= 15 is 0 Å². The Kier molecular flexibility index (Phi) is 6.32. The smallest absolute Gasteiger partial charge is 0.224 e. The maximum atomic E-state index is 12.4. The van der Waals surface area contributed by atoms with E-state index in [-0.39, 0.29) is 5.91 Å². The van der Waals surface area contributed by atoms with Crippen molar-refractivity contribution in [1.29, 1.82) is 0 Å². The van der Waals surface area contributed by atoms with Crippen LogP contribution < -0.4 is 14.8 Å². The molecule has 146 valence electrons. The first-order chi connectivity index (χ1) is 13.6. The van der Waals surface area contributed by atoms with Gasteiger partial charge in [0.05, 0.1) is 18.0 Å². The number of nitrogens with zero attached hydrogens (tertiary/aromatic N) is 1. The predicted molar refractivity (Wildman–Crippen MR) is 107 cm³/mol. The third-order valence-electron chi connectivity index (χ3n) is 4.31. The number of aryl methyl sites for hydroxylation is 2. The number of para-hydroxylation sites is 2. The average Bonchev–Trinajstić information content (AvgIpc) is 3.01. The number of amides is 1. The summed E-state index contributed by atoms with van der Waals surface area (Å²) in [5.74, 6) is 2.70. The second-order valence-corrected chi connectivity index (χ2v) is 6.35. The van der Waals surface area contributed by atoms with Gasteiger partial charge < -0.3 is 19.3 Å². The van der Waals surface area contributed by atoms with Crippen molar-refractivity contribution in [3.8, 4) is 17.2 Å². The molecule has 0 unspecified atom stereocenters. The zero-order valence-electron chi connectivity index (χ0n) is 16.3. The lowest BCUT2D eigenvalue weighted by Crippen LogP contribution is -2.13. The van der Waals surface area contributed by atoms with E-state index in [4.69, 9.17) is 14.0 Å². The Bertz CT molecular complexity index is 912. The molecule has 28 heavy (non-hydrogen) atoms. The molecule has 0 aliphatic heterocycles. The van der Waals surface area contributed by atoms with Crippen LogP contribution in [0, 0.1) is 13.8 Å². The number of carbonyl (C=O) groups is 1. The van der Waals surface area contributed by atoms with Gasteiger partial charge >= 0.3 is 0 Å². The Hall–Kier alpha value is -3.28. The van der Waals surface area contributed by atoms with Gasteiger partial charge in [0.2, 0.25) is 5.91 Å². The number of hydrogen-bond donors (Lipinski definition) is 1. The number of aromatic nitrogens is 1. The Balaban J connectivity index is 1.64. The van der Waals surface area contributed by atoms with Gasteiger partial charge in [0.25, 0.3) is 0 Å². The summed E-state index contributed by atoms with van der Waals surface area (Å²) in [6.07, 6.45) is 0.912. The fourth-order valence-corrected chi connectivity index (χ4v) is 2.87. The molecule has 0 fully saturated rings. The van der Waals surface area contributed by atoms with Crippen LogP contribution in [0.2, 0.25) is 0 Å². The first-order valence-electron chi connectivity index (χ1n) is 9.28. The molecule has 0 spiro atoms. The molecule has 2 aromatic carbocycles. The monoisotopic (exact) mass is 380 g/mol. The first-order valence-corrected chi connectivity index (χ1v) is 9.28. The van der Waals surface area contributed by atoms with Gasteiger partial charge in [-0.3, -0.25) is 4.79 Å². The Labute approximate surface area is 164 Å². The van der Waals surface area contributed by atoms with Crippen LogP contribution in [-0.4, -0.2) is 17.7 Å². The number of anilines is 1. The third-order valence-corrected chi connectivity index (χ3v) is 4.31. The van der Waals surface area contributed by atoms with Gasteiger partial charge in [-0.2, -0.15) is 0 Å². The number of carbonyl (C=O) groups excluding carboxylic acids is 1. The summed E-state index contributed by atoms with van der Waals surface area (Å²) in [6, 6.07) is 14.7. The van der Waals surface area contributed by atoms with Crippen LogP contribution >= 0.6 is 0 Å². The van der Waals surface area contributed by atoms with Crippen molar-refractivity contribution in [1.82, 2.24) is 5.16 Å². The molecule has 0 bridgehead atoms. The highest BCUT2D eigenvalue weighted by atomic mass is 16.5. The summed E-state index contributed by atoms with van der Waals surface area (Å²) in [5, 5.41) is 6.85. The number of ether oxygens (including phenoxy) is 2. The molecule has 0 saturated carbocycles. The predicted octanol–water partition coefficient (Wildman–Crippen LogP) is 5.05. The van der Waals surface area contributed by atoms with E-state index in [9.17, 15) is 4.79 Å². The van der Waals surface area contributed by atoms with Crippen molar-refractivity contribution in [2.75, 3.05) is 11.9 Å². The van der Waals surface area contributed by atoms with Crippen LogP contribution in [0.4, 0.5) is 5.69 Å². The first kappa shape index (κ1) is 19.5. The lowest BCUT2D eigenvalue weighted by Gasteiger charge is -2.12. The summed E-state index contributed by atoms with van der Waals surface area (Å²) in [5.41, 5.74) is 2.43. The van der Waals surface area contributed by atoms with Crippen molar-refractivity contribution in [3.63, 3.8) is 0 Å². The molecule has 0 aliphatic carbocycles. The molecule has 0 saturated heterocycles. The fourth-order valence-electron chi connectivity index (χ4n) is 2.87. The van der Waals surface area contributed by atoms with Crippen molar-refractivity contribution in [2.45, 2.75) is 33.6 Å². The highest BCUT2D eigenvalue weighted by Gasteiger charge is 2.13. The van der Waals surface area contributed by atoms with Crippen molar-refractivity contribution < 1.29 is 18.8 Å². The summed E-state index contributed by atoms with van der Waals surface area (Å²) >= 11 is 0. The molecule has 6 heteroatoms. The molecule has 1 N–H and O–H groups in total. The van der Waals surface area contributed by atoms with E-state index in [1.165, 1.54) is 0 Å². The summed E-state index contributed by atoms with van der Waals surface area (Å²) in [6.45, 7) is 6.29. The molecule has 1 aromatic heterocycles. The lowest BCUT2D eigenvalue weighted by atomic mass is 10.1. The number of rotatable bonds is 8. The largest absolute Gasteiger partial charge is 0.494 e.